The van der Waals surface area contributed by atoms with E-state index in [9.17, 15) is 4.39 Å². The van der Waals surface area contributed by atoms with Crippen LogP contribution >= 0.6 is 0 Å². The number of hydrogen-bond acceptors (Lipinski definition) is 4. The smallest absolute Gasteiger partial charge is 0.158 e. The van der Waals surface area contributed by atoms with Gasteiger partial charge in [-0.1, -0.05) is 12.1 Å². The minimum absolute atomic E-state index is 0.0727. The van der Waals surface area contributed by atoms with E-state index in [-0.39, 0.29) is 11.9 Å². The number of rotatable bonds is 3. The summed E-state index contributed by atoms with van der Waals surface area (Å²) in [5.41, 5.74) is 6.00. The van der Waals surface area contributed by atoms with Gasteiger partial charge in [0.15, 0.2) is 5.82 Å². The van der Waals surface area contributed by atoms with E-state index in [0.717, 1.165) is 0 Å². The van der Waals surface area contributed by atoms with Crippen LogP contribution in [0.1, 0.15) is 12.7 Å². The van der Waals surface area contributed by atoms with Crippen molar-refractivity contribution in [2.24, 2.45) is 5.73 Å². The SMILES string of the molecule is CC(N)Cc1nnnn1-c1ccccc1F. The fraction of sp³-hybridized carbons (Fsp3) is 0.300. The molecule has 2 N–H and O–H groups in total. The van der Waals surface area contributed by atoms with Gasteiger partial charge in [-0.2, -0.15) is 4.68 Å². The summed E-state index contributed by atoms with van der Waals surface area (Å²) >= 11 is 0. The van der Waals surface area contributed by atoms with Gasteiger partial charge in [-0.15, -0.1) is 5.10 Å². The van der Waals surface area contributed by atoms with Crippen molar-refractivity contribution >= 4 is 0 Å². The number of nitrogens with zero attached hydrogens (tertiary/aromatic N) is 4. The lowest BCUT2D eigenvalue weighted by Crippen LogP contribution is -2.20. The minimum atomic E-state index is -0.360. The summed E-state index contributed by atoms with van der Waals surface area (Å²) < 4.78 is 14.9. The molecule has 6 heteroatoms. The van der Waals surface area contributed by atoms with E-state index < -0.39 is 0 Å². The average Bonchev–Trinajstić information content (AvgIpc) is 2.66. The Balaban J connectivity index is 2.41. The summed E-state index contributed by atoms with van der Waals surface area (Å²) in [7, 11) is 0. The molecule has 1 atom stereocenters. The molecule has 5 nitrogen and oxygen atoms in total. The Morgan fingerprint density at radius 1 is 1.44 bits per heavy atom. The second-order valence-electron chi connectivity index (χ2n) is 3.64. The van der Waals surface area contributed by atoms with Crippen LogP contribution in [0, 0.1) is 5.82 Å². The Labute approximate surface area is 92.1 Å². The molecule has 84 valence electrons. The van der Waals surface area contributed by atoms with Gasteiger partial charge < -0.3 is 5.73 Å². The highest BCUT2D eigenvalue weighted by Crippen LogP contribution is 2.12. The van der Waals surface area contributed by atoms with Crippen molar-refractivity contribution in [2.75, 3.05) is 0 Å². The van der Waals surface area contributed by atoms with E-state index in [0.29, 0.717) is 17.9 Å². The highest BCUT2D eigenvalue weighted by atomic mass is 19.1. The van der Waals surface area contributed by atoms with Crippen molar-refractivity contribution < 1.29 is 4.39 Å². The zero-order valence-electron chi connectivity index (χ0n) is 8.84. The molecule has 1 aromatic carbocycles. The Morgan fingerprint density at radius 3 is 2.88 bits per heavy atom. The topological polar surface area (TPSA) is 69.6 Å². The molecular weight excluding hydrogens is 209 g/mol. The number of halogens is 1. The highest BCUT2D eigenvalue weighted by Gasteiger charge is 2.12. The molecule has 0 aliphatic rings. The Morgan fingerprint density at radius 2 is 2.19 bits per heavy atom. The number of hydrogen-bond donors (Lipinski definition) is 1. The highest BCUT2D eigenvalue weighted by molar-refractivity contribution is 5.32. The van der Waals surface area contributed by atoms with E-state index in [4.69, 9.17) is 5.73 Å². The molecule has 0 bridgehead atoms. The Kier molecular flexibility index (Phi) is 2.91. The number of nitrogens with two attached hydrogens (primary N) is 1. The maximum absolute atomic E-state index is 13.5. The lowest BCUT2D eigenvalue weighted by atomic mass is 10.2. The third-order valence-electron chi connectivity index (χ3n) is 2.12. The summed E-state index contributed by atoms with van der Waals surface area (Å²) in [5, 5.41) is 11.1. The van der Waals surface area contributed by atoms with Crippen molar-refractivity contribution in [3.05, 3.63) is 35.9 Å². The standard InChI is InChI=1S/C10H12FN5/c1-7(12)6-10-13-14-15-16(10)9-5-3-2-4-8(9)11/h2-5,7H,6,12H2,1H3. The third kappa shape index (κ3) is 2.06. The van der Waals surface area contributed by atoms with Crippen LogP contribution in [0.15, 0.2) is 24.3 Å². The van der Waals surface area contributed by atoms with Gasteiger partial charge >= 0.3 is 0 Å². The fourth-order valence-electron chi connectivity index (χ4n) is 1.43. The Hall–Kier alpha value is -1.82. The lowest BCUT2D eigenvalue weighted by Gasteiger charge is -2.06. The van der Waals surface area contributed by atoms with Crippen LogP contribution in [0.25, 0.3) is 5.69 Å². The van der Waals surface area contributed by atoms with Crippen molar-refractivity contribution in [1.82, 2.24) is 20.2 Å². The summed E-state index contributed by atoms with van der Waals surface area (Å²) in [6.45, 7) is 1.85. The molecule has 0 amide bonds. The number of benzene rings is 1. The van der Waals surface area contributed by atoms with Crippen LogP contribution in [-0.2, 0) is 6.42 Å². The summed E-state index contributed by atoms with van der Waals surface area (Å²) in [4.78, 5) is 0. The van der Waals surface area contributed by atoms with E-state index in [2.05, 4.69) is 15.5 Å². The monoisotopic (exact) mass is 221 g/mol. The molecule has 0 aliphatic carbocycles. The van der Waals surface area contributed by atoms with Gasteiger partial charge in [-0.25, -0.2) is 4.39 Å². The molecule has 0 saturated carbocycles. The van der Waals surface area contributed by atoms with Gasteiger partial charge in [0.2, 0.25) is 0 Å². The first kappa shape index (κ1) is 10.7. The first-order valence-electron chi connectivity index (χ1n) is 4.96. The first-order valence-corrected chi connectivity index (χ1v) is 4.96. The molecule has 0 radical (unpaired) electrons. The van der Waals surface area contributed by atoms with Gasteiger partial charge in [-0.05, 0) is 29.5 Å². The van der Waals surface area contributed by atoms with Gasteiger partial charge in [-0.3, -0.25) is 0 Å². The Bertz CT molecular complexity index is 480. The molecular formula is C10H12FN5. The largest absolute Gasteiger partial charge is 0.328 e. The molecule has 2 aromatic rings. The molecule has 1 heterocycles. The molecule has 1 unspecified atom stereocenters. The number of aromatic nitrogens is 4. The summed E-state index contributed by atoms with van der Waals surface area (Å²) in [5.74, 6) is 0.195. The second-order valence-corrected chi connectivity index (χ2v) is 3.64. The van der Waals surface area contributed by atoms with Gasteiger partial charge in [0.25, 0.3) is 0 Å². The molecule has 1 aromatic heterocycles. The van der Waals surface area contributed by atoms with Crippen LogP contribution in [0.4, 0.5) is 4.39 Å². The summed E-state index contributed by atoms with van der Waals surface area (Å²) in [6.07, 6.45) is 0.501. The molecule has 0 saturated heterocycles. The third-order valence-corrected chi connectivity index (χ3v) is 2.12. The second kappa shape index (κ2) is 4.36. The predicted molar refractivity (Wildman–Crippen MR) is 56.5 cm³/mol. The first-order chi connectivity index (χ1) is 7.68. The van der Waals surface area contributed by atoms with Crippen LogP contribution in [-0.4, -0.2) is 26.2 Å². The van der Waals surface area contributed by atoms with E-state index in [1.807, 2.05) is 6.92 Å². The van der Waals surface area contributed by atoms with Crippen LogP contribution in [0.2, 0.25) is 0 Å². The maximum Gasteiger partial charge on any atom is 0.158 e. The van der Waals surface area contributed by atoms with Crippen molar-refractivity contribution in [2.45, 2.75) is 19.4 Å². The van der Waals surface area contributed by atoms with Crippen molar-refractivity contribution in [3.8, 4) is 5.69 Å². The average molecular weight is 221 g/mol. The van der Waals surface area contributed by atoms with Crippen LogP contribution in [0.3, 0.4) is 0 Å². The van der Waals surface area contributed by atoms with Crippen molar-refractivity contribution in [3.63, 3.8) is 0 Å². The van der Waals surface area contributed by atoms with Crippen LogP contribution < -0.4 is 5.73 Å². The normalized spacial score (nSPS) is 12.7. The number of tetrazole rings is 1. The molecule has 0 aliphatic heterocycles. The molecule has 0 spiro atoms. The van der Waals surface area contributed by atoms with Gasteiger partial charge in [0.1, 0.15) is 11.5 Å². The minimum Gasteiger partial charge on any atom is -0.328 e. The van der Waals surface area contributed by atoms with Gasteiger partial charge in [0, 0.05) is 12.5 Å². The van der Waals surface area contributed by atoms with E-state index >= 15 is 0 Å². The predicted octanol–water partition coefficient (Wildman–Crippen LogP) is 0.691. The quantitative estimate of drug-likeness (QED) is 0.827. The molecule has 2 rings (SSSR count). The summed E-state index contributed by atoms with van der Waals surface area (Å²) in [6, 6.07) is 6.27. The number of para-hydroxylation sites is 1. The maximum atomic E-state index is 13.5. The zero-order valence-corrected chi connectivity index (χ0v) is 8.84. The van der Waals surface area contributed by atoms with E-state index in [1.165, 1.54) is 10.7 Å². The van der Waals surface area contributed by atoms with E-state index in [1.54, 1.807) is 18.2 Å². The van der Waals surface area contributed by atoms with Crippen molar-refractivity contribution in [1.29, 1.82) is 0 Å². The molecule has 0 fully saturated rings. The fourth-order valence-corrected chi connectivity index (χ4v) is 1.43. The van der Waals surface area contributed by atoms with Crippen LogP contribution in [0.5, 0.6) is 0 Å². The molecule has 16 heavy (non-hydrogen) atoms. The zero-order chi connectivity index (χ0) is 11.5. The lowest BCUT2D eigenvalue weighted by molar-refractivity contribution is 0.596. The van der Waals surface area contributed by atoms with Gasteiger partial charge in [0.05, 0.1) is 0 Å².